The predicted octanol–water partition coefficient (Wildman–Crippen LogP) is 4.86. The zero-order valence-corrected chi connectivity index (χ0v) is 19.7. The number of fused-ring (bicyclic) bond motifs is 1. The Hall–Kier alpha value is -4.23. The molecule has 200 valence electrons. The van der Waals surface area contributed by atoms with Crippen molar-refractivity contribution in [1.82, 2.24) is 24.7 Å². The number of hydrogen-bond acceptors (Lipinski definition) is 6. The van der Waals surface area contributed by atoms with E-state index in [1.807, 2.05) is 0 Å². The molecule has 0 saturated heterocycles. The highest BCUT2D eigenvalue weighted by Crippen LogP contribution is 2.32. The number of alkyl halides is 6. The monoisotopic (exact) mass is 538 g/mol. The Morgan fingerprint density at radius 3 is 2.37 bits per heavy atom. The summed E-state index contributed by atoms with van der Waals surface area (Å²) in [4.78, 5) is 32.0. The molecule has 0 spiro atoms. The van der Waals surface area contributed by atoms with Crippen LogP contribution in [0.3, 0.4) is 0 Å². The molecular formula is C24H20F6N6O2. The molecular weight excluding hydrogens is 518 g/mol. The fraction of sp³-hybridized carbons (Fsp3) is 0.292. The number of nitrogens with one attached hydrogen (secondary N) is 2. The van der Waals surface area contributed by atoms with Crippen molar-refractivity contribution in [2.75, 3.05) is 5.32 Å². The summed E-state index contributed by atoms with van der Waals surface area (Å²) in [6, 6.07) is 5.89. The quantitative estimate of drug-likeness (QED) is 0.326. The van der Waals surface area contributed by atoms with Crippen LogP contribution in [0.5, 0.6) is 0 Å². The third-order valence-corrected chi connectivity index (χ3v) is 5.79. The van der Waals surface area contributed by atoms with E-state index in [-0.39, 0.29) is 17.9 Å². The molecule has 0 radical (unpaired) electrons. The second kappa shape index (κ2) is 10.3. The number of nitrogens with zero attached hydrogens (tertiary/aromatic N) is 4. The molecule has 1 aromatic carbocycles. The second-order valence-corrected chi connectivity index (χ2v) is 8.58. The van der Waals surface area contributed by atoms with Crippen molar-refractivity contribution in [3.05, 3.63) is 80.9 Å². The van der Waals surface area contributed by atoms with Crippen LogP contribution < -0.4 is 16.4 Å². The highest BCUT2D eigenvalue weighted by Gasteiger charge is 2.37. The van der Waals surface area contributed by atoms with E-state index in [1.165, 1.54) is 16.7 Å². The smallest absolute Gasteiger partial charge is 0.381 e. The number of aryl methyl sites for hydroxylation is 1. The van der Waals surface area contributed by atoms with Gasteiger partial charge in [-0.2, -0.15) is 31.4 Å². The standard InChI is InChI=1S/C24H20F6N6O2/c1-13(34-18-12-33-35-21(37)19(18)24(28,29)30)3-2-7-36-8-6-14-9-15(4-5-17(14)22(36)38)20-31-10-16(11-32-20)23(25,26)27/h4-6,8-13H,2-3,7H2,1H3,(H2,34,35,37). The fourth-order valence-corrected chi connectivity index (χ4v) is 3.92. The van der Waals surface area contributed by atoms with Gasteiger partial charge in [0.25, 0.3) is 11.1 Å². The SMILES string of the molecule is CC(CCCn1ccc2cc(-c3ncc(C(F)(F)F)cn3)ccc2c1=O)Nc1cn[nH]c(=O)c1C(F)(F)F. The summed E-state index contributed by atoms with van der Waals surface area (Å²) in [5.74, 6) is 0.0786. The van der Waals surface area contributed by atoms with Gasteiger partial charge >= 0.3 is 12.4 Å². The summed E-state index contributed by atoms with van der Waals surface area (Å²) in [6.07, 6.45) is -4.73. The first-order chi connectivity index (χ1) is 17.8. The van der Waals surface area contributed by atoms with E-state index in [0.717, 1.165) is 6.20 Å². The van der Waals surface area contributed by atoms with E-state index < -0.39 is 40.8 Å². The topological polar surface area (TPSA) is 106 Å². The molecule has 1 unspecified atom stereocenters. The summed E-state index contributed by atoms with van der Waals surface area (Å²) in [7, 11) is 0. The number of aromatic amines is 1. The van der Waals surface area contributed by atoms with Crippen LogP contribution in [-0.4, -0.2) is 30.8 Å². The number of rotatable bonds is 7. The van der Waals surface area contributed by atoms with Crippen LogP contribution in [-0.2, 0) is 18.9 Å². The van der Waals surface area contributed by atoms with Crippen molar-refractivity contribution < 1.29 is 26.3 Å². The van der Waals surface area contributed by atoms with Crippen molar-refractivity contribution in [2.45, 2.75) is 44.7 Å². The van der Waals surface area contributed by atoms with Gasteiger partial charge in [-0.15, -0.1) is 0 Å². The first-order valence-corrected chi connectivity index (χ1v) is 11.3. The van der Waals surface area contributed by atoms with Crippen LogP contribution in [0.4, 0.5) is 32.0 Å². The number of benzene rings is 1. The predicted molar refractivity (Wildman–Crippen MR) is 126 cm³/mol. The maximum absolute atomic E-state index is 13.2. The average Bonchev–Trinajstić information content (AvgIpc) is 2.84. The molecule has 0 bridgehead atoms. The Balaban J connectivity index is 1.43. The highest BCUT2D eigenvalue weighted by molar-refractivity contribution is 5.85. The molecule has 1 atom stereocenters. The maximum atomic E-state index is 13.2. The Labute approximate surface area is 210 Å². The molecule has 8 nitrogen and oxygen atoms in total. The van der Waals surface area contributed by atoms with Crippen molar-refractivity contribution in [3.8, 4) is 11.4 Å². The summed E-state index contributed by atoms with van der Waals surface area (Å²) in [5.41, 5.74) is -3.96. The first-order valence-electron chi connectivity index (χ1n) is 11.3. The van der Waals surface area contributed by atoms with E-state index in [9.17, 15) is 35.9 Å². The Morgan fingerprint density at radius 1 is 1.00 bits per heavy atom. The van der Waals surface area contributed by atoms with Crippen molar-refractivity contribution in [3.63, 3.8) is 0 Å². The van der Waals surface area contributed by atoms with Crippen LogP contribution in [0.25, 0.3) is 22.2 Å². The largest absolute Gasteiger partial charge is 0.423 e. The van der Waals surface area contributed by atoms with Gasteiger partial charge in [0.05, 0.1) is 17.4 Å². The van der Waals surface area contributed by atoms with Crippen molar-refractivity contribution >= 4 is 16.5 Å². The zero-order chi connectivity index (χ0) is 27.7. The lowest BCUT2D eigenvalue weighted by Crippen LogP contribution is -2.27. The van der Waals surface area contributed by atoms with Crippen LogP contribution in [0.15, 0.2) is 58.6 Å². The number of hydrogen-bond donors (Lipinski definition) is 2. The molecule has 3 aromatic heterocycles. The minimum atomic E-state index is -4.85. The highest BCUT2D eigenvalue weighted by atomic mass is 19.4. The van der Waals surface area contributed by atoms with Gasteiger partial charge in [0.15, 0.2) is 5.82 Å². The second-order valence-electron chi connectivity index (χ2n) is 8.58. The Morgan fingerprint density at radius 2 is 1.71 bits per heavy atom. The molecule has 0 fully saturated rings. The first kappa shape index (κ1) is 26.8. The normalized spacial score (nSPS) is 13.0. The zero-order valence-electron chi connectivity index (χ0n) is 19.7. The molecule has 38 heavy (non-hydrogen) atoms. The lowest BCUT2D eigenvalue weighted by molar-refractivity contribution is -0.139. The van der Waals surface area contributed by atoms with Gasteiger partial charge in [0.2, 0.25) is 0 Å². The number of aromatic nitrogens is 5. The lowest BCUT2D eigenvalue weighted by Gasteiger charge is -2.18. The molecule has 14 heteroatoms. The number of anilines is 1. The molecule has 3 heterocycles. The third kappa shape index (κ3) is 5.84. The molecule has 4 aromatic rings. The summed E-state index contributed by atoms with van der Waals surface area (Å²) in [6.45, 7) is 1.93. The Bertz CT molecular complexity index is 1560. The van der Waals surface area contributed by atoms with Gasteiger partial charge in [-0.05, 0) is 43.4 Å². The van der Waals surface area contributed by atoms with Crippen LogP contribution >= 0.6 is 0 Å². The molecule has 0 saturated carbocycles. The number of pyridine rings is 1. The van der Waals surface area contributed by atoms with Crippen molar-refractivity contribution in [2.24, 2.45) is 0 Å². The summed E-state index contributed by atoms with van der Waals surface area (Å²) >= 11 is 0. The van der Waals surface area contributed by atoms with Gasteiger partial charge in [-0.1, -0.05) is 6.07 Å². The van der Waals surface area contributed by atoms with Gasteiger partial charge in [0, 0.05) is 42.1 Å². The lowest BCUT2D eigenvalue weighted by atomic mass is 10.1. The number of H-pyrrole nitrogens is 1. The summed E-state index contributed by atoms with van der Waals surface area (Å²) < 4.78 is 79.3. The molecule has 2 N–H and O–H groups in total. The van der Waals surface area contributed by atoms with E-state index in [4.69, 9.17) is 0 Å². The molecule has 0 aliphatic heterocycles. The van der Waals surface area contributed by atoms with E-state index in [1.54, 1.807) is 30.4 Å². The van der Waals surface area contributed by atoms with Crippen LogP contribution in [0.2, 0.25) is 0 Å². The van der Waals surface area contributed by atoms with E-state index in [2.05, 4.69) is 20.4 Å². The number of halogens is 6. The molecule has 0 amide bonds. The third-order valence-electron chi connectivity index (χ3n) is 5.79. The minimum absolute atomic E-state index is 0.0786. The molecule has 4 rings (SSSR count). The molecule has 0 aliphatic carbocycles. The van der Waals surface area contributed by atoms with Crippen LogP contribution in [0.1, 0.15) is 30.9 Å². The molecule has 0 aliphatic rings. The average molecular weight is 538 g/mol. The van der Waals surface area contributed by atoms with E-state index in [0.29, 0.717) is 41.6 Å². The van der Waals surface area contributed by atoms with E-state index >= 15 is 0 Å². The van der Waals surface area contributed by atoms with Gasteiger partial charge in [-0.3, -0.25) is 9.59 Å². The van der Waals surface area contributed by atoms with Crippen LogP contribution in [0, 0.1) is 0 Å². The van der Waals surface area contributed by atoms with Gasteiger partial charge < -0.3 is 9.88 Å². The van der Waals surface area contributed by atoms with Crippen molar-refractivity contribution in [1.29, 1.82) is 0 Å². The fourth-order valence-electron chi connectivity index (χ4n) is 3.92. The Kier molecular flexibility index (Phi) is 7.24. The maximum Gasteiger partial charge on any atom is 0.423 e. The summed E-state index contributed by atoms with van der Waals surface area (Å²) in [5, 5.41) is 8.77. The minimum Gasteiger partial charge on any atom is -0.381 e. The van der Waals surface area contributed by atoms with Gasteiger partial charge in [-0.25, -0.2) is 15.1 Å². The van der Waals surface area contributed by atoms with Gasteiger partial charge in [0.1, 0.15) is 5.56 Å².